The van der Waals surface area contributed by atoms with Gasteiger partial charge in [0.05, 0.1) is 28.6 Å². The summed E-state index contributed by atoms with van der Waals surface area (Å²) in [4.78, 5) is 12.9. The minimum atomic E-state index is -4.71. The molecule has 0 aliphatic heterocycles. The van der Waals surface area contributed by atoms with Crippen LogP contribution in [0, 0.1) is 0 Å². The quantitative estimate of drug-likeness (QED) is 0.499. The second kappa shape index (κ2) is 9.84. The van der Waals surface area contributed by atoms with Gasteiger partial charge < -0.3 is 5.32 Å². The third-order valence-electron chi connectivity index (χ3n) is 4.80. The molecule has 5 nitrogen and oxygen atoms in total. The first-order valence-electron chi connectivity index (χ1n) is 9.70. The average Bonchev–Trinajstić information content (AvgIpc) is 2.76. The van der Waals surface area contributed by atoms with E-state index < -0.39 is 45.9 Å². The molecule has 10 heteroatoms. The molecule has 0 atom stereocenters. The minimum absolute atomic E-state index is 0.233. The summed E-state index contributed by atoms with van der Waals surface area (Å²) in [6.45, 7) is -0.754. The maximum absolute atomic E-state index is 13.2. The lowest BCUT2D eigenvalue weighted by molar-refractivity contribution is -0.137. The molecular weight excluding hydrogens is 477 g/mol. The molecule has 0 unspecified atom stereocenters. The predicted octanol–water partition coefficient (Wildman–Crippen LogP) is 5.03. The van der Waals surface area contributed by atoms with Crippen LogP contribution in [-0.4, -0.2) is 27.1 Å². The molecule has 0 bridgehead atoms. The predicted molar refractivity (Wildman–Crippen MR) is 122 cm³/mol. The van der Waals surface area contributed by atoms with Crippen molar-refractivity contribution in [2.24, 2.45) is 0 Å². The van der Waals surface area contributed by atoms with E-state index in [4.69, 9.17) is 11.6 Å². The molecule has 0 aliphatic rings. The number of rotatable bonds is 7. The molecule has 1 amide bonds. The fraction of sp³-hybridized carbons (Fsp3) is 0.174. The molecular formula is C23H20ClF3N2O3S. The molecule has 0 aromatic heterocycles. The SMILES string of the molecule is CS(=O)(=O)N(CC(=O)NC(c1ccccc1)c1ccccc1)c1cc(C(F)(F)F)ccc1Cl. The van der Waals surface area contributed by atoms with Gasteiger partial charge in [0, 0.05) is 0 Å². The van der Waals surface area contributed by atoms with E-state index >= 15 is 0 Å². The van der Waals surface area contributed by atoms with Crippen LogP contribution in [0.15, 0.2) is 78.9 Å². The van der Waals surface area contributed by atoms with Crippen LogP contribution >= 0.6 is 11.6 Å². The number of nitrogens with zero attached hydrogens (tertiary/aromatic N) is 1. The Kier molecular flexibility index (Phi) is 7.34. The lowest BCUT2D eigenvalue weighted by Crippen LogP contribution is -2.42. The van der Waals surface area contributed by atoms with E-state index in [2.05, 4.69) is 5.32 Å². The Hall–Kier alpha value is -3.04. The van der Waals surface area contributed by atoms with E-state index in [-0.39, 0.29) is 5.02 Å². The molecule has 0 saturated heterocycles. The van der Waals surface area contributed by atoms with Crippen molar-refractivity contribution in [3.8, 4) is 0 Å². The summed E-state index contributed by atoms with van der Waals surface area (Å²) in [7, 11) is -4.14. The number of nitrogens with one attached hydrogen (secondary N) is 1. The second-order valence-corrected chi connectivity index (χ2v) is 9.57. The zero-order valence-electron chi connectivity index (χ0n) is 17.4. The number of benzene rings is 3. The van der Waals surface area contributed by atoms with Crippen LogP contribution in [0.4, 0.5) is 18.9 Å². The summed E-state index contributed by atoms with van der Waals surface area (Å²) >= 11 is 6.02. The van der Waals surface area contributed by atoms with Crippen LogP contribution in [0.1, 0.15) is 22.7 Å². The van der Waals surface area contributed by atoms with Crippen LogP contribution in [0.5, 0.6) is 0 Å². The maximum atomic E-state index is 13.2. The Balaban J connectivity index is 1.94. The monoisotopic (exact) mass is 496 g/mol. The topological polar surface area (TPSA) is 66.5 Å². The number of hydrogen-bond donors (Lipinski definition) is 1. The number of amides is 1. The number of carbonyl (C=O) groups excluding carboxylic acids is 1. The first-order valence-corrected chi connectivity index (χ1v) is 11.9. The number of halogens is 4. The third kappa shape index (κ3) is 6.27. The largest absolute Gasteiger partial charge is 0.416 e. The molecule has 0 radical (unpaired) electrons. The van der Waals surface area contributed by atoms with Gasteiger partial charge in [-0.05, 0) is 29.3 Å². The van der Waals surface area contributed by atoms with Crippen molar-refractivity contribution in [1.82, 2.24) is 5.32 Å². The number of carbonyl (C=O) groups is 1. The summed E-state index contributed by atoms with van der Waals surface area (Å²) in [6.07, 6.45) is -3.92. The highest BCUT2D eigenvalue weighted by molar-refractivity contribution is 7.92. The highest BCUT2D eigenvalue weighted by Crippen LogP contribution is 2.36. The third-order valence-corrected chi connectivity index (χ3v) is 6.25. The van der Waals surface area contributed by atoms with Crippen molar-refractivity contribution in [2.45, 2.75) is 12.2 Å². The highest BCUT2D eigenvalue weighted by Gasteiger charge is 2.33. The molecule has 3 rings (SSSR count). The summed E-state index contributed by atoms with van der Waals surface area (Å²) in [6, 6.07) is 19.7. The standard InChI is InChI=1S/C23H20ClF3N2O3S/c1-33(31,32)29(20-14-18(23(25,26)27)12-13-19(20)24)15-21(30)28-22(16-8-4-2-5-9-16)17-10-6-3-7-11-17/h2-14,22H,15H2,1H3,(H,28,30). The van der Waals surface area contributed by atoms with E-state index in [0.29, 0.717) is 10.4 Å². The Morgan fingerprint density at radius 1 is 0.970 bits per heavy atom. The molecule has 0 fully saturated rings. The van der Waals surface area contributed by atoms with Crippen LogP contribution in [0.2, 0.25) is 5.02 Å². The molecule has 33 heavy (non-hydrogen) atoms. The first kappa shape index (κ1) is 24.6. The minimum Gasteiger partial charge on any atom is -0.344 e. The van der Waals surface area contributed by atoms with Gasteiger partial charge in [-0.3, -0.25) is 9.10 Å². The Labute approximate surface area is 194 Å². The molecule has 0 heterocycles. The van der Waals surface area contributed by atoms with Gasteiger partial charge in [-0.25, -0.2) is 8.42 Å². The van der Waals surface area contributed by atoms with Crippen molar-refractivity contribution >= 4 is 33.2 Å². The van der Waals surface area contributed by atoms with Gasteiger partial charge in [-0.2, -0.15) is 13.2 Å². The van der Waals surface area contributed by atoms with E-state index in [1.54, 1.807) is 48.5 Å². The van der Waals surface area contributed by atoms with Gasteiger partial charge in [0.2, 0.25) is 15.9 Å². The normalized spacial score (nSPS) is 11.9. The second-order valence-electron chi connectivity index (χ2n) is 7.26. The van der Waals surface area contributed by atoms with Crippen molar-refractivity contribution < 1.29 is 26.4 Å². The summed E-state index contributed by atoms with van der Waals surface area (Å²) in [5.41, 5.74) is -0.0115. The van der Waals surface area contributed by atoms with Crippen molar-refractivity contribution in [3.63, 3.8) is 0 Å². The fourth-order valence-electron chi connectivity index (χ4n) is 3.25. The molecule has 0 saturated carbocycles. The van der Waals surface area contributed by atoms with Gasteiger partial charge in [-0.15, -0.1) is 0 Å². The lowest BCUT2D eigenvalue weighted by atomic mass is 9.99. The zero-order valence-corrected chi connectivity index (χ0v) is 19.0. The van der Waals surface area contributed by atoms with E-state index in [1.165, 1.54) is 0 Å². The number of anilines is 1. The van der Waals surface area contributed by atoms with E-state index in [1.807, 2.05) is 12.1 Å². The summed E-state index contributed by atoms with van der Waals surface area (Å²) in [5, 5.41) is 2.54. The van der Waals surface area contributed by atoms with Crippen molar-refractivity contribution in [2.75, 3.05) is 17.1 Å². The zero-order chi connectivity index (χ0) is 24.2. The molecule has 0 aliphatic carbocycles. The lowest BCUT2D eigenvalue weighted by Gasteiger charge is -2.26. The molecule has 174 valence electrons. The molecule has 3 aromatic carbocycles. The molecule has 3 aromatic rings. The van der Waals surface area contributed by atoms with Crippen LogP contribution in [-0.2, 0) is 21.0 Å². The van der Waals surface area contributed by atoms with Crippen LogP contribution in [0.25, 0.3) is 0 Å². The van der Waals surface area contributed by atoms with Gasteiger partial charge in [0.25, 0.3) is 0 Å². The van der Waals surface area contributed by atoms with Crippen molar-refractivity contribution in [1.29, 1.82) is 0 Å². The first-order chi connectivity index (χ1) is 15.5. The van der Waals surface area contributed by atoms with Crippen molar-refractivity contribution in [3.05, 3.63) is 101 Å². The fourth-order valence-corrected chi connectivity index (χ4v) is 4.38. The van der Waals surface area contributed by atoms with Gasteiger partial charge in [0.1, 0.15) is 6.54 Å². The molecule has 1 N–H and O–H groups in total. The summed E-state index contributed by atoms with van der Waals surface area (Å²) < 4.78 is 64.9. The average molecular weight is 497 g/mol. The Morgan fingerprint density at radius 3 is 1.94 bits per heavy atom. The Bertz CT molecular complexity index is 1180. The van der Waals surface area contributed by atoms with E-state index in [0.717, 1.165) is 29.5 Å². The highest BCUT2D eigenvalue weighted by atomic mass is 35.5. The molecule has 0 spiro atoms. The van der Waals surface area contributed by atoms with Crippen LogP contribution < -0.4 is 9.62 Å². The smallest absolute Gasteiger partial charge is 0.344 e. The van der Waals surface area contributed by atoms with Gasteiger partial charge in [-0.1, -0.05) is 72.3 Å². The number of sulfonamides is 1. The maximum Gasteiger partial charge on any atom is 0.416 e. The van der Waals surface area contributed by atoms with Gasteiger partial charge >= 0.3 is 6.18 Å². The van der Waals surface area contributed by atoms with Gasteiger partial charge in [0.15, 0.2) is 0 Å². The van der Waals surface area contributed by atoms with E-state index in [9.17, 15) is 26.4 Å². The summed E-state index contributed by atoms with van der Waals surface area (Å²) in [5.74, 6) is -0.716. The Morgan fingerprint density at radius 2 is 1.48 bits per heavy atom. The number of alkyl halides is 3. The number of hydrogen-bond acceptors (Lipinski definition) is 3. The van der Waals surface area contributed by atoms with Crippen LogP contribution in [0.3, 0.4) is 0 Å².